The van der Waals surface area contributed by atoms with Crippen molar-refractivity contribution in [1.82, 2.24) is 24.6 Å². The fourth-order valence-electron chi connectivity index (χ4n) is 5.29. The van der Waals surface area contributed by atoms with E-state index < -0.39 is 0 Å². The van der Waals surface area contributed by atoms with Gasteiger partial charge in [-0.1, -0.05) is 75.7 Å². The highest BCUT2D eigenvalue weighted by Gasteiger charge is 2.29. The summed E-state index contributed by atoms with van der Waals surface area (Å²) in [5.41, 5.74) is 2.92. The van der Waals surface area contributed by atoms with Crippen LogP contribution in [0.25, 0.3) is 16.7 Å². The minimum Gasteiger partial charge on any atom is -0.352 e. The molecule has 7 heteroatoms. The third-order valence-electron chi connectivity index (χ3n) is 7.39. The van der Waals surface area contributed by atoms with Crippen LogP contribution in [0.3, 0.4) is 0 Å². The molecule has 0 spiro atoms. The Bertz CT molecular complexity index is 1330. The van der Waals surface area contributed by atoms with E-state index >= 15 is 0 Å². The second-order valence-corrected chi connectivity index (χ2v) is 9.91. The zero-order valence-corrected chi connectivity index (χ0v) is 22.0. The lowest BCUT2D eigenvalue weighted by Crippen LogP contribution is -2.50. The van der Waals surface area contributed by atoms with E-state index in [0.29, 0.717) is 13.1 Å². The minimum atomic E-state index is -0.0934. The number of rotatable bonds is 8. The molecule has 0 aliphatic carbocycles. The fraction of sp³-hybridized carbons (Fsp3) is 0.400. The van der Waals surface area contributed by atoms with Crippen LogP contribution in [0.5, 0.6) is 0 Å². The average molecular weight is 497 g/mol. The Hall–Kier alpha value is -3.74. The van der Waals surface area contributed by atoms with Crippen LogP contribution in [-0.4, -0.2) is 56.7 Å². The molecule has 1 aliphatic heterocycles. The predicted molar refractivity (Wildman–Crippen MR) is 148 cm³/mol. The largest absolute Gasteiger partial charge is 0.352 e. The number of carbonyl (C=O) groups excluding carboxylic acids is 1. The number of benzene rings is 2. The molecule has 192 valence electrons. The number of fused-ring (bicyclic) bond motifs is 1. The van der Waals surface area contributed by atoms with E-state index in [1.165, 1.54) is 0 Å². The van der Waals surface area contributed by atoms with Gasteiger partial charge in [-0.2, -0.15) is 5.10 Å². The van der Waals surface area contributed by atoms with Crippen LogP contribution in [-0.2, 0) is 4.79 Å². The van der Waals surface area contributed by atoms with Crippen molar-refractivity contribution in [1.29, 1.82) is 0 Å². The maximum atomic E-state index is 13.4. The summed E-state index contributed by atoms with van der Waals surface area (Å²) < 4.78 is 1.91. The number of hydrogen-bond acceptors (Lipinski definition) is 5. The predicted octanol–water partition coefficient (Wildman–Crippen LogP) is 5.56. The summed E-state index contributed by atoms with van der Waals surface area (Å²) in [4.78, 5) is 27.8. The highest BCUT2D eigenvalue weighted by molar-refractivity contribution is 5.88. The number of hydrogen-bond donors (Lipinski definition) is 0. The summed E-state index contributed by atoms with van der Waals surface area (Å²) in [6.45, 7) is 9.32. The van der Waals surface area contributed by atoms with Gasteiger partial charge in [-0.25, -0.2) is 14.6 Å². The molecule has 0 unspecified atom stereocenters. The smallest absolute Gasteiger partial charge is 0.230 e. The van der Waals surface area contributed by atoms with E-state index in [1.54, 1.807) is 0 Å². The number of amides is 1. The van der Waals surface area contributed by atoms with Crippen LogP contribution in [0.4, 0.5) is 5.82 Å². The highest BCUT2D eigenvalue weighted by Crippen LogP contribution is 2.30. The molecular weight excluding hydrogens is 460 g/mol. The van der Waals surface area contributed by atoms with Gasteiger partial charge in [0.15, 0.2) is 5.65 Å². The summed E-state index contributed by atoms with van der Waals surface area (Å²) in [6.07, 6.45) is 4.79. The van der Waals surface area contributed by atoms with Gasteiger partial charge in [-0.05, 0) is 30.5 Å². The molecule has 1 fully saturated rings. The van der Waals surface area contributed by atoms with Crippen molar-refractivity contribution in [2.75, 3.05) is 31.1 Å². The van der Waals surface area contributed by atoms with Crippen LogP contribution in [0, 0.1) is 0 Å². The first-order valence-electron chi connectivity index (χ1n) is 13.5. The molecule has 3 heterocycles. The van der Waals surface area contributed by atoms with Crippen molar-refractivity contribution in [3.8, 4) is 5.69 Å². The lowest BCUT2D eigenvalue weighted by molar-refractivity contribution is -0.133. The van der Waals surface area contributed by atoms with Crippen LogP contribution in [0.1, 0.15) is 63.3 Å². The third kappa shape index (κ3) is 5.08. The zero-order chi connectivity index (χ0) is 25.8. The summed E-state index contributed by atoms with van der Waals surface area (Å²) in [5.74, 6) is 2.16. The SMILES string of the molecule is CCC[C@@H](C)c1nc(N2CCN(C(=O)[C@@H](CC)c3ccccc3)CC2)c2cnn(-c3ccccc3)c2n1. The van der Waals surface area contributed by atoms with E-state index in [2.05, 4.69) is 37.8 Å². The molecule has 0 radical (unpaired) electrons. The summed E-state index contributed by atoms with van der Waals surface area (Å²) in [5, 5.41) is 5.65. The molecule has 0 bridgehead atoms. The molecule has 2 aromatic carbocycles. The van der Waals surface area contributed by atoms with Crippen molar-refractivity contribution < 1.29 is 4.79 Å². The van der Waals surface area contributed by atoms with Crippen LogP contribution in [0.2, 0.25) is 0 Å². The van der Waals surface area contributed by atoms with Crippen LogP contribution < -0.4 is 4.90 Å². The van der Waals surface area contributed by atoms with Crippen molar-refractivity contribution in [2.45, 2.75) is 51.9 Å². The Labute approximate surface area is 219 Å². The number of carbonyl (C=O) groups is 1. The lowest BCUT2D eigenvalue weighted by atomic mass is 9.95. The first kappa shape index (κ1) is 24.9. The van der Waals surface area contributed by atoms with Crippen LogP contribution in [0.15, 0.2) is 66.9 Å². The molecule has 1 aliphatic rings. The van der Waals surface area contributed by atoms with Crippen LogP contribution >= 0.6 is 0 Å². The van der Waals surface area contributed by atoms with Gasteiger partial charge in [0.25, 0.3) is 0 Å². The lowest BCUT2D eigenvalue weighted by Gasteiger charge is -2.37. The molecule has 1 amide bonds. The summed E-state index contributed by atoms with van der Waals surface area (Å²) >= 11 is 0. The van der Waals surface area contributed by atoms with E-state index in [0.717, 1.165) is 66.3 Å². The minimum absolute atomic E-state index is 0.0934. The van der Waals surface area contributed by atoms with E-state index in [4.69, 9.17) is 15.1 Å². The Balaban J connectivity index is 1.42. The first-order chi connectivity index (χ1) is 18.1. The molecule has 1 saturated heterocycles. The number of nitrogens with zero attached hydrogens (tertiary/aromatic N) is 6. The Morgan fingerprint density at radius 2 is 1.59 bits per heavy atom. The summed E-state index contributed by atoms with van der Waals surface area (Å²) in [7, 11) is 0. The monoisotopic (exact) mass is 496 g/mol. The standard InChI is InChI=1S/C30H36N6O/c1-4-12-22(3)27-32-28(26-21-31-36(29(26)33-27)24-15-10-7-11-16-24)34-17-19-35(20-18-34)30(37)25(5-2)23-13-8-6-9-14-23/h6-11,13-16,21-22,25H,4-5,12,17-20H2,1-3H3/t22-,25+/m1/s1. The van der Waals surface area contributed by atoms with Gasteiger partial charge < -0.3 is 9.80 Å². The van der Waals surface area contributed by atoms with E-state index in [1.807, 2.05) is 64.3 Å². The Morgan fingerprint density at radius 1 is 0.919 bits per heavy atom. The quantitative estimate of drug-likeness (QED) is 0.319. The van der Waals surface area contributed by atoms with E-state index in [-0.39, 0.29) is 17.7 Å². The van der Waals surface area contributed by atoms with Gasteiger partial charge in [-0.15, -0.1) is 0 Å². The fourth-order valence-corrected chi connectivity index (χ4v) is 5.29. The molecule has 2 aromatic heterocycles. The number of anilines is 1. The molecule has 0 N–H and O–H groups in total. The molecular formula is C30H36N6O. The second-order valence-electron chi connectivity index (χ2n) is 9.91. The maximum Gasteiger partial charge on any atom is 0.230 e. The van der Waals surface area contributed by atoms with Crippen molar-refractivity contribution >= 4 is 22.8 Å². The van der Waals surface area contributed by atoms with Gasteiger partial charge >= 0.3 is 0 Å². The van der Waals surface area contributed by atoms with E-state index in [9.17, 15) is 4.79 Å². The van der Waals surface area contributed by atoms with Crippen molar-refractivity contribution in [3.63, 3.8) is 0 Å². The molecule has 5 rings (SSSR count). The zero-order valence-electron chi connectivity index (χ0n) is 22.0. The third-order valence-corrected chi connectivity index (χ3v) is 7.39. The first-order valence-corrected chi connectivity index (χ1v) is 13.5. The topological polar surface area (TPSA) is 67.2 Å². The molecule has 37 heavy (non-hydrogen) atoms. The Morgan fingerprint density at radius 3 is 2.24 bits per heavy atom. The summed E-state index contributed by atoms with van der Waals surface area (Å²) in [6, 6.07) is 20.3. The molecule has 0 saturated carbocycles. The highest BCUT2D eigenvalue weighted by atomic mass is 16.2. The van der Waals surface area contributed by atoms with Gasteiger partial charge in [-0.3, -0.25) is 4.79 Å². The maximum absolute atomic E-state index is 13.4. The van der Waals surface area contributed by atoms with Gasteiger partial charge in [0.2, 0.25) is 5.91 Å². The van der Waals surface area contributed by atoms with Crippen molar-refractivity contribution in [3.05, 3.63) is 78.2 Å². The molecule has 7 nitrogen and oxygen atoms in total. The molecule has 2 atom stereocenters. The number of para-hydroxylation sites is 1. The second kappa shape index (κ2) is 11.1. The Kier molecular flexibility index (Phi) is 7.49. The number of piperazine rings is 1. The van der Waals surface area contributed by atoms with Crippen molar-refractivity contribution in [2.24, 2.45) is 0 Å². The van der Waals surface area contributed by atoms with Gasteiger partial charge in [0, 0.05) is 32.1 Å². The van der Waals surface area contributed by atoms with Gasteiger partial charge in [0.1, 0.15) is 11.6 Å². The normalized spacial score (nSPS) is 15.6. The number of aromatic nitrogens is 4. The molecule has 4 aromatic rings. The average Bonchev–Trinajstić information content (AvgIpc) is 3.38. The van der Waals surface area contributed by atoms with Gasteiger partial charge in [0.05, 0.1) is 23.2 Å².